The van der Waals surface area contributed by atoms with Crippen LogP contribution in [0.15, 0.2) is 24.3 Å². The summed E-state index contributed by atoms with van der Waals surface area (Å²) in [5.74, 6) is 4.88. The van der Waals surface area contributed by atoms with Crippen LogP contribution >= 0.6 is 0 Å². The van der Waals surface area contributed by atoms with Crippen LogP contribution in [-0.2, 0) is 4.79 Å². The minimum Gasteiger partial charge on any atom is -0.426 e. The van der Waals surface area contributed by atoms with Crippen molar-refractivity contribution in [2.75, 3.05) is 0 Å². The second-order valence-electron chi connectivity index (χ2n) is 4.92. The lowest BCUT2D eigenvalue weighted by atomic mass is 9.97. The molecule has 94 valence electrons. The molecule has 3 nitrogen and oxygen atoms in total. The average Bonchev–Trinajstić information content (AvgIpc) is 2.25. The van der Waals surface area contributed by atoms with Gasteiger partial charge in [-0.1, -0.05) is 18.1 Å². The van der Waals surface area contributed by atoms with Crippen LogP contribution < -0.4 is 4.74 Å². The molecule has 1 aromatic rings. The first-order valence-corrected chi connectivity index (χ1v) is 5.64. The molecule has 1 aromatic carbocycles. The first-order chi connectivity index (χ1) is 8.29. The molecule has 0 saturated heterocycles. The molecule has 0 heterocycles. The lowest BCUT2D eigenvalue weighted by molar-refractivity contribution is -0.131. The summed E-state index contributed by atoms with van der Waals surface area (Å²) < 4.78 is 4.97. The van der Waals surface area contributed by atoms with Crippen molar-refractivity contribution in [1.82, 2.24) is 0 Å². The fourth-order valence-corrected chi connectivity index (χ4v) is 1.21. The van der Waals surface area contributed by atoms with Crippen LogP contribution in [0.4, 0.5) is 0 Å². The number of para-hydroxylation sites is 1. The average molecular weight is 244 g/mol. The summed E-state index contributed by atoms with van der Waals surface area (Å²) in [7, 11) is 0. The molecule has 0 aromatic heterocycles. The van der Waals surface area contributed by atoms with Gasteiger partial charge in [-0.15, -0.1) is 0 Å². The molecule has 0 bridgehead atoms. The Labute approximate surface area is 107 Å². The second kappa shape index (κ2) is 5.50. The van der Waals surface area contributed by atoms with Gasteiger partial charge < -0.3 is 4.74 Å². The highest BCUT2D eigenvalue weighted by molar-refractivity contribution is 6.11. The van der Waals surface area contributed by atoms with Crippen molar-refractivity contribution in [3.63, 3.8) is 0 Å². The van der Waals surface area contributed by atoms with Gasteiger partial charge in [-0.3, -0.25) is 9.59 Å². The molecule has 1 rings (SSSR count). The van der Waals surface area contributed by atoms with Crippen LogP contribution in [0.1, 0.15) is 38.1 Å². The number of rotatable bonds is 2. The quantitative estimate of drug-likeness (QED) is 0.264. The van der Waals surface area contributed by atoms with Gasteiger partial charge in [0.15, 0.2) is 0 Å². The lowest BCUT2D eigenvalue weighted by Gasteiger charge is -2.07. The Morgan fingerprint density at radius 1 is 1.17 bits per heavy atom. The highest BCUT2D eigenvalue weighted by Gasteiger charge is 2.12. The maximum atomic E-state index is 11.9. The molecule has 0 aliphatic carbocycles. The van der Waals surface area contributed by atoms with E-state index in [9.17, 15) is 9.59 Å². The van der Waals surface area contributed by atoms with E-state index < -0.39 is 5.97 Å². The number of esters is 1. The third-order valence-corrected chi connectivity index (χ3v) is 1.94. The summed E-state index contributed by atoms with van der Waals surface area (Å²) in [5.41, 5.74) is 0.0657. The summed E-state index contributed by atoms with van der Waals surface area (Å²) in [6, 6.07) is 6.58. The van der Waals surface area contributed by atoms with Crippen LogP contribution in [0, 0.1) is 17.3 Å². The van der Waals surface area contributed by atoms with E-state index in [4.69, 9.17) is 4.74 Å². The molecule has 0 saturated carbocycles. The number of ether oxygens (including phenoxy) is 1. The number of carbonyl (C=O) groups excluding carboxylic acids is 2. The number of hydrogen-bond acceptors (Lipinski definition) is 3. The summed E-state index contributed by atoms with van der Waals surface area (Å²) in [6.45, 7) is 7.06. The number of hydrogen-bond donors (Lipinski definition) is 0. The van der Waals surface area contributed by atoms with Crippen molar-refractivity contribution in [2.24, 2.45) is 5.41 Å². The van der Waals surface area contributed by atoms with E-state index >= 15 is 0 Å². The normalized spacial score (nSPS) is 10.2. The highest BCUT2D eigenvalue weighted by atomic mass is 16.5. The van der Waals surface area contributed by atoms with Crippen LogP contribution in [0.3, 0.4) is 0 Å². The maximum absolute atomic E-state index is 11.9. The van der Waals surface area contributed by atoms with Crippen LogP contribution in [0.2, 0.25) is 0 Å². The van der Waals surface area contributed by atoms with Crippen molar-refractivity contribution < 1.29 is 14.3 Å². The number of carbonyl (C=O) groups is 2. The zero-order valence-corrected chi connectivity index (χ0v) is 11.0. The smallest absolute Gasteiger partial charge is 0.308 e. The van der Waals surface area contributed by atoms with E-state index in [1.165, 1.54) is 6.92 Å². The largest absolute Gasteiger partial charge is 0.426 e. The minimum atomic E-state index is -0.459. The molecular formula is C15H16O3. The van der Waals surface area contributed by atoms with Gasteiger partial charge >= 0.3 is 5.97 Å². The standard InChI is InChI=1S/C15H16O3/c1-11(16)18-14-8-6-5-7-12(14)13(17)9-10-15(2,3)4/h5-8H,1-4H3. The minimum absolute atomic E-state index is 0.244. The third kappa shape index (κ3) is 4.42. The Kier molecular flexibility index (Phi) is 4.28. The number of benzene rings is 1. The van der Waals surface area contributed by atoms with Gasteiger partial charge in [0.05, 0.1) is 5.56 Å². The van der Waals surface area contributed by atoms with E-state index in [0.717, 1.165) is 0 Å². The number of Topliss-reactive ketones (excluding diaryl/α,β-unsaturated/α-hetero) is 1. The Morgan fingerprint density at radius 2 is 1.78 bits per heavy atom. The van der Waals surface area contributed by atoms with E-state index in [2.05, 4.69) is 11.8 Å². The molecule has 0 amide bonds. The van der Waals surface area contributed by atoms with E-state index in [1.807, 2.05) is 20.8 Å². The predicted molar refractivity (Wildman–Crippen MR) is 69.3 cm³/mol. The SMILES string of the molecule is CC(=O)Oc1ccccc1C(=O)C#CC(C)(C)C. The van der Waals surface area contributed by atoms with Gasteiger partial charge in [0.25, 0.3) is 0 Å². The molecule has 0 N–H and O–H groups in total. The third-order valence-electron chi connectivity index (χ3n) is 1.94. The lowest BCUT2D eigenvalue weighted by Crippen LogP contribution is -2.07. The van der Waals surface area contributed by atoms with Crippen molar-refractivity contribution in [1.29, 1.82) is 0 Å². The molecule has 0 aliphatic rings. The van der Waals surface area contributed by atoms with Crippen LogP contribution in [0.5, 0.6) is 5.75 Å². The van der Waals surface area contributed by atoms with Gasteiger partial charge in [-0.05, 0) is 38.8 Å². The summed E-state index contributed by atoms with van der Waals surface area (Å²) in [6.07, 6.45) is 0. The molecule has 0 radical (unpaired) electrons. The van der Waals surface area contributed by atoms with Crippen molar-refractivity contribution >= 4 is 11.8 Å². The molecular weight excluding hydrogens is 228 g/mol. The monoisotopic (exact) mass is 244 g/mol. The van der Waals surface area contributed by atoms with Gasteiger partial charge in [-0.2, -0.15) is 0 Å². The molecule has 0 aliphatic heterocycles. The van der Waals surface area contributed by atoms with Gasteiger partial charge in [0, 0.05) is 12.3 Å². The summed E-state index contributed by atoms with van der Waals surface area (Å²) in [4.78, 5) is 22.9. The molecule has 0 unspecified atom stereocenters. The maximum Gasteiger partial charge on any atom is 0.308 e. The zero-order valence-electron chi connectivity index (χ0n) is 11.0. The molecule has 0 atom stereocenters. The van der Waals surface area contributed by atoms with Crippen molar-refractivity contribution in [2.45, 2.75) is 27.7 Å². The van der Waals surface area contributed by atoms with Crippen LogP contribution in [0.25, 0.3) is 0 Å². The van der Waals surface area contributed by atoms with Gasteiger partial charge in [0.2, 0.25) is 5.78 Å². The van der Waals surface area contributed by atoms with E-state index in [1.54, 1.807) is 24.3 Å². The summed E-state index contributed by atoms with van der Waals surface area (Å²) >= 11 is 0. The zero-order chi connectivity index (χ0) is 13.8. The molecule has 18 heavy (non-hydrogen) atoms. The van der Waals surface area contributed by atoms with Gasteiger partial charge in [-0.25, -0.2) is 0 Å². The highest BCUT2D eigenvalue weighted by Crippen LogP contribution is 2.19. The molecule has 3 heteroatoms. The van der Waals surface area contributed by atoms with Crippen molar-refractivity contribution in [3.05, 3.63) is 29.8 Å². The first-order valence-electron chi connectivity index (χ1n) is 5.64. The van der Waals surface area contributed by atoms with Crippen molar-refractivity contribution in [3.8, 4) is 17.6 Å². The Bertz CT molecular complexity index is 525. The molecule has 0 spiro atoms. The van der Waals surface area contributed by atoms with E-state index in [0.29, 0.717) is 5.56 Å². The fourth-order valence-electron chi connectivity index (χ4n) is 1.21. The predicted octanol–water partition coefficient (Wildman–Crippen LogP) is 2.84. The van der Waals surface area contributed by atoms with E-state index in [-0.39, 0.29) is 16.9 Å². The number of ketones is 1. The second-order valence-corrected chi connectivity index (χ2v) is 4.92. The Morgan fingerprint density at radius 3 is 2.33 bits per heavy atom. The molecule has 0 fully saturated rings. The van der Waals surface area contributed by atoms with Gasteiger partial charge in [0.1, 0.15) is 5.75 Å². The topological polar surface area (TPSA) is 43.4 Å². The summed E-state index contributed by atoms with van der Waals surface area (Å²) in [5, 5.41) is 0. The Hall–Kier alpha value is -2.08. The first kappa shape index (κ1) is 14.0. The fraction of sp³-hybridized carbons (Fsp3) is 0.333. The van der Waals surface area contributed by atoms with Crippen LogP contribution in [-0.4, -0.2) is 11.8 Å². The Balaban J connectivity index is 3.05.